The fourth-order valence-corrected chi connectivity index (χ4v) is 3.28. The molecule has 0 spiro atoms. The molecule has 2 nitrogen and oxygen atoms in total. The molecule has 1 N–H and O–H groups in total. The Morgan fingerprint density at radius 1 is 1.56 bits per heavy atom. The molecule has 0 aliphatic heterocycles. The Balaban J connectivity index is 2.31. The zero-order chi connectivity index (χ0) is 11.4. The molecule has 1 heterocycles. The molecule has 0 amide bonds. The number of ketones is 1. The van der Waals surface area contributed by atoms with Gasteiger partial charge in [-0.3, -0.25) is 10.1 Å². The third kappa shape index (κ3) is 1.97. The van der Waals surface area contributed by atoms with Gasteiger partial charge in [0, 0.05) is 17.8 Å². The Bertz CT molecular complexity index is 371. The van der Waals surface area contributed by atoms with E-state index >= 15 is 0 Å². The molecule has 1 fully saturated rings. The topological polar surface area (TPSA) is 29.1 Å². The van der Waals surface area contributed by atoms with Crippen LogP contribution < -0.4 is 5.32 Å². The van der Waals surface area contributed by atoms with Gasteiger partial charge in [0.05, 0.1) is 0 Å². The molecule has 1 unspecified atom stereocenters. The molecule has 0 radical (unpaired) electrons. The van der Waals surface area contributed by atoms with Crippen LogP contribution in [-0.4, -0.2) is 12.3 Å². The van der Waals surface area contributed by atoms with Gasteiger partial charge >= 0.3 is 0 Å². The summed E-state index contributed by atoms with van der Waals surface area (Å²) in [5.41, 5.74) is -0.430. The highest BCUT2D eigenvalue weighted by Gasteiger charge is 2.41. The molecule has 1 atom stereocenters. The van der Waals surface area contributed by atoms with Gasteiger partial charge in [0.2, 0.25) is 0 Å². The van der Waals surface area contributed by atoms with Crippen molar-refractivity contribution in [2.24, 2.45) is 0 Å². The van der Waals surface area contributed by atoms with Crippen LogP contribution in [0.3, 0.4) is 0 Å². The lowest BCUT2D eigenvalue weighted by molar-refractivity contribution is -0.127. The van der Waals surface area contributed by atoms with E-state index in [2.05, 4.69) is 18.0 Å². The Hall–Kier alpha value is -0.930. The molecule has 3 heteroatoms. The van der Waals surface area contributed by atoms with Crippen LogP contribution >= 0.6 is 11.3 Å². The summed E-state index contributed by atoms with van der Waals surface area (Å²) in [6.07, 6.45) is 5.58. The van der Waals surface area contributed by atoms with Crippen LogP contribution in [0.4, 0.5) is 0 Å². The molecule has 86 valence electrons. The van der Waals surface area contributed by atoms with Crippen molar-refractivity contribution in [2.75, 3.05) is 6.54 Å². The standard InChI is InChI=1S/C13H17NOS/c1-2-9-14-13(12-7-5-10-16-12)8-4-3-6-11(13)15/h2,5,7,10,14H,1,3-4,6,8-9H2. The van der Waals surface area contributed by atoms with E-state index in [9.17, 15) is 4.79 Å². The highest BCUT2D eigenvalue weighted by Crippen LogP contribution is 2.36. The van der Waals surface area contributed by atoms with Crippen LogP contribution in [0.1, 0.15) is 30.6 Å². The monoisotopic (exact) mass is 235 g/mol. The number of hydrogen-bond donors (Lipinski definition) is 1. The summed E-state index contributed by atoms with van der Waals surface area (Å²) in [4.78, 5) is 13.4. The van der Waals surface area contributed by atoms with Crippen molar-refractivity contribution >= 4 is 17.1 Å². The maximum Gasteiger partial charge on any atom is 0.158 e. The summed E-state index contributed by atoms with van der Waals surface area (Å²) in [7, 11) is 0. The minimum Gasteiger partial charge on any atom is -0.297 e. The van der Waals surface area contributed by atoms with Crippen molar-refractivity contribution < 1.29 is 4.79 Å². The number of rotatable bonds is 4. The first kappa shape index (κ1) is 11.6. The highest BCUT2D eigenvalue weighted by molar-refractivity contribution is 7.10. The van der Waals surface area contributed by atoms with Gasteiger partial charge in [-0.05, 0) is 24.3 Å². The second-order valence-corrected chi connectivity index (χ2v) is 5.13. The molecule has 1 aliphatic rings. The lowest BCUT2D eigenvalue weighted by atomic mass is 9.79. The normalized spacial score (nSPS) is 25.6. The zero-order valence-electron chi connectivity index (χ0n) is 9.37. The number of carbonyl (C=O) groups is 1. The average molecular weight is 235 g/mol. The molecule has 1 aromatic rings. The van der Waals surface area contributed by atoms with Crippen molar-refractivity contribution in [3.05, 3.63) is 35.0 Å². The molecule has 1 saturated carbocycles. The van der Waals surface area contributed by atoms with Crippen molar-refractivity contribution in [3.8, 4) is 0 Å². The maximum absolute atomic E-state index is 12.2. The van der Waals surface area contributed by atoms with Crippen molar-refractivity contribution in [1.82, 2.24) is 5.32 Å². The van der Waals surface area contributed by atoms with E-state index in [0.717, 1.165) is 24.1 Å². The van der Waals surface area contributed by atoms with Gasteiger partial charge in [0.1, 0.15) is 5.54 Å². The van der Waals surface area contributed by atoms with Gasteiger partial charge in [-0.2, -0.15) is 0 Å². The van der Waals surface area contributed by atoms with Crippen LogP contribution in [0.5, 0.6) is 0 Å². The number of carbonyl (C=O) groups excluding carboxylic acids is 1. The Kier molecular flexibility index (Phi) is 3.56. The van der Waals surface area contributed by atoms with Crippen LogP contribution in [0.25, 0.3) is 0 Å². The molecular formula is C13H17NOS. The van der Waals surface area contributed by atoms with Gasteiger partial charge in [0.15, 0.2) is 5.78 Å². The first-order valence-electron chi connectivity index (χ1n) is 5.73. The van der Waals surface area contributed by atoms with Crippen molar-refractivity contribution in [1.29, 1.82) is 0 Å². The molecule has 0 bridgehead atoms. The summed E-state index contributed by atoms with van der Waals surface area (Å²) in [5, 5.41) is 5.42. The molecule has 0 saturated heterocycles. The SMILES string of the molecule is C=CCNC1(c2cccs2)CCCCC1=O. The summed E-state index contributed by atoms with van der Waals surface area (Å²) in [6, 6.07) is 4.07. The highest BCUT2D eigenvalue weighted by atomic mass is 32.1. The molecule has 16 heavy (non-hydrogen) atoms. The van der Waals surface area contributed by atoms with Gasteiger partial charge in [-0.1, -0.05) is 18.6 Å². The van der Waals surface area contributed by atoms with Crippen molar-refractivity contribution in [3.63, 3.8) is 0 Å². The van der Waals surface area contributed by atoms with Crippen molar-refractivity contribution in [2.45, 2.75) is 31.2 Å². The Morgan fingerprint density at radius 2 is 2.44 bits per heavy atom. The first-order chi connectivity index (χ1) is 7.79. The first-order valence-corrected chi connectivity index (χ1v) is 6.61. The number of hydrogen-bond acceptors (Lipinski definition) is 3. The number of nitrogens with one attached hydrogen (secondary N) is 1. The fourth-order valence-electron chi connectivity index (χ4n) is 2.33. The van der Waals surface area contributed by atoms with E-state index < -0.39 is 5.54 Å². The summed E-state index contributed by atoms with van der Waals surface area (Å²) < 4.78 is 0. The van der Waals surface area contributed by atoms with Crippen LogP contribution in [0, 0.1) is 0 Å². The Labute approximate surface area is 100 Å². The predicted octanol–water partition coefficient (Wildman–Crippen LogP) is 2.86. The molecule has 1 aliphatic carbocycles. The number of Topliss-reactive ketones (excluding diaryl/α,β-unsaturated/α-hetero) is 1. The minimum atomic E-state index is -0.430. The van der Waals surface area contributed by atoms with Gasteiger partial charge < -0.3 is 0 Å². The average Bonchev–Trinajstić information content (AvgIpc) is 2.82. The van der Waals surface area contributed by atoms with Crippen LogP contribution in [-0.2, 0) is 10.3 Å². The second kappa shape index (κ2) is 4.93. The zero-order valence-corrected chi connectivity index (χ0v) is 10.2. The van der Waals surface area contributed by atoms with E-state index in [1.54, 1.807) is 11.3 Å². The Morgan fingerprint density at radius 3 is 3.06 bits per heavy atom. The summed E-state index contributed by atoms with van der Waals surface area (Å²) in [5.74, 6) is 0.336. The van der Waals surface area contributed by atoms with E-state index in [-0.39, 0.29) is 0 Å². The van der Waals surface area contributed by atoms with Crippen LogP contribution in [0.15, 0.2) is 30.2 Å². The smallest absolute Gasteiger partial charge is 0.158 e. The maximum atomic E-state index is 12.2. The second-order valence-electron chi connectivity index (χ2n) is 4.18. The third-order valence-corrected chi connectivity index (χ3v) is 4.20. The van der Waals surface area contributed by atoms with Gasteiger partial charge in [0.25, 0.3) is 0 Å². The summed E-state index contributed by atoms with van der Waals surface area (Å²) >= 11 is 1.66. The fraction of sp³-hybridized carbons (Fsp3) is 0.462. The van der Waals surface area contributed by atoms with E-state index in [4.69, 9.17) is 0 Å². The van der Waals surface area contributed by atoms with Crippen LogP contribution in [0.2, 0.25) is 0 Å². The molecule has 1 aromatic heterocycles. The van der Waals surface area contributed by atoms with E-state index in [1.807, 2.05) is 17.5 Å². The van der Waals surface area contributed by atoms with E-state index in [1.165, 1.54) is 0 Å². The number of thiophene rings is 1. The van der Waals surface area contributed by atoms with E-state index in [0.29, 0.717) is 18.7 Å². The lowest BCUT2D eigenvalue weighted by Gasteiger charge is -2.35. The molecule has 0 aromatic carbocycles. The third-order valence-electron chi connectivity index (χ3n) is 3.17. The summed E-state index contributed by atoms with van der Waals surface area (Å²) in [6.45, 7) is 4.40. The van der Waals surface area contributed by atoms with Gasteiger partial charge in [-0.15, -0.1) is 17.9 Å². The molecule has 2 rings (SSSR count). The molecular weight excluding hydrogens is 218 g/mol. The van der Waals surface area contributed by atoms with Gasteiger partial charge in [-0.25, -0.2) is 0 Å². The predicted molar refractivity (Wildman–Crippen MR) is 67.7 cm³/mol. The quantitative estimate of drug-likeness (QED) is 0.813. The minimum absolute atomic E-state index is 0.336. The lowest BCUT2D eigenvalue weighted by Crippen LogP contribution is -2.50. The largest absolute Gasteiger partial charge is 0.297 e.